The molecule has 0 aliphatic heterocycles. The maximum atomic E-state index is 12.0. The van der Waals surface area contributed by atoms with Crippen molar-refractivity contribution in [2.45, 2.75) is 9.79 Å². The Kier molecular flexibility index (Phi) is 6.91. The molecule has 20 heavy (non-hydrogen) atoms. The lowest BCUT2D eigenvalue weighted by Crippen LogP contribution is -2.29. The lowest BCUT2D eigenvalue weighted by molar-refractivity contribution is 0.401. The summed E-state index contributed by atoms with van der Waals surface area (Å²) in [5, 5.41) is 0. The van der Waals surface area contributed by atoms with Crippen LogP contribution >= 0.6 is 12.4 Å². The summed E-state index contributed by atoms with van der Waals surface area (Å²) in [7, 11) is -6.07. The van der Waals surface area contributed by atoms with Gasteiger partial charge in [-0.05, 0) is 18.2 Å². The molecule has 1 aromatic rings. The molecule has 7 nitrogen and oxygen atoms in total. The Morgan fingerprint density at radius 2 is 1.85 bits per heavy atom. The number of benzene rings is 1. The molecule has 1 aromatic carbocycles. The third kappa shape index (κ3) is 4.60. The second-order valence-electron chi connectivity index (χ2n) is 3.77. The van der Waals surface area contributed by atoms with Crippen molar-refractivity contribution in [2.24, 2.45) is 5.73 Å². The van der Waals surface area contributed by atoms with Crippen molar-refractivity contribution in [3.63, 3.8) is 0 Å². The van der Waals surface area contributed by atoms with Gasteiger partial charge in [0.1, 0.15) is 10.6 Å². The SMILES string of the molecule is COc1ccc(S(C)(=O)=O)cc1S(=O)(=O)NCCN.Cl. The smallest absolute Gasteiger partial charge is 0.244 e. The van der Waals surface area contributed by atoms with Gasteiger partial charge in [0.15, 0.2) is 9.84 Å². The van der Waals surface area contributed by atoms with Gasteiger partial charge in [-0.3, -0.25) is 0 Å². The Morgan fingerprint density at radius 1 is 1.25 bits per heavy atom. The highest BCUT2D eigenvalue weighted by Crippen LogP contribution is 2.26. The van der Waals surface area contributed by atoms with Crippen LogP contribution in [0.25, 0.3) is 0 Å². The summed E-state index contributed by atoms with van der Waals surface area (Å²) in [6, 6.07) is 3.65. The van der Waals surface area contributed by atoms with E-state index in [2.05, 4.69) is 4.72 Å². The summed E-state index contributed by atoms with van der Waals surface area (Å²) in [5.74, 6) is 0.0666. The molecule has 0 atom stereocenters. The minimum atomic E-state index is -3.87. The summed E-state index contributed by atoms with van der Waals surface area (Å²) in [5.41, 5.74) is 5.23. The van der Waals surface area contributed by atoms with Crippen LogP contribution in [0, 0.1) is 0 Å². The maximum Gasteiger partial charge on any atom is 0.244 e. The Bertz CT molecular complexity index is 658. The van der Waals surface area contributed by atoms with Crippen molar-refractivity contribution >= 4 is 32.3 Å². The fraction of sp³-hybridized carbons (Fsp3) is 0.400. The quantitative estimate of drug-likeness (QED) is 0.735. The predicted molar refractivity (Wildman–Crippen MR) is 77.6 cm³/mol. The molecule has 0 aliphatic rings. The summed E-state index contributed by atoms with van der Waals surface area (Å²) >= 11 is 0. The van der Waals surface area contributed by atoms with E-state index in [0.717, 1.165) is 12.3 Å². The van der Waals surface area contributed by atoms with Crippen LogP contribution in [-0.4, -0.2) is 43.3 Å². The highest BCUT2D eigenvalue weighted by molar-refractivity contribution is 7.91. The molecule has 116 valence electrons. The Hall–Kier alpha value is -0.870. The normalized spacial score (nSPS) is 11.8. The van der Waals surface area contributed by atoms with Gasteiger partial charge in [-0.15, -0.1) is 12.4 Å². The molecule has 0 amide bonds. The molecule has 0 aromatic heterocycles. The topological polar surface area (TPSA) is 116 Å². The van der Waals surface area contributed by atoms with E-state index in [4.69, 9.17) is 10.5 Å². The van der Waals surface area contributed by atoms with E-state index in [-0.39, 0.29) is 41.0 Å². The van der Waals surface area contributed by atoms with Crippen molar-refractivity contribution in [3.05, 3.63) is 18.2 Å². The number of sulfonamides is 1. The van der Waals surface area contributed by atoms with Gasteiger partial charge in [0.05, 0.1) is 12.0 Å². The van der Waals surface area contributed by atoms with Gasteiger partial charge >= 0.3 is 0 Å². The zero-order valence-corrected chi connectivity index (χ0v) is 13.4. The van der Waals surface area contributed by atoms with Gasteiger partial charge in [0.2, 0.25) is 10.0 Å². The van der Waals surface area contributed by atoms with Crippen molar-refractivity contribution in [3.8, 4) is 5.75 Å². The summed E-state index contributed by atoms with van der Waals surface area (Å²) in [6.45, 7) is 0.182. The van der Waals surface area contributed by atoms with E-state index in [1.807, 2.05) is 0 Å². The molecule has 0 aliphatic carbocycles. The summed E-state index contributed by atoms with van der Waals surface area (Å²) in [4.78, 5) is -0.326. The first kappa shape index (κ1) is 19.1. The average molecular weight is 345 g/mol. The molecule has 0 fully saturated rings. The molecule has 0 spiro atoms. The fourth-order valence-electron chi connectivity index (χ4n) is 1.37. The Balaban J connectivity index is 0.00000361. The number of rotatable bonds is 6. The van der Waals surface area contributed by atoms with E-state index >= 15 is 0 Å². The van der Waals surface area contributed by atoms with Gasteiger partial charge in [0.25, 0.3) is 0 Å². The molecule has 0 saturated carbocycles. The van der Waals surface area contributed by atoms with Crippen LogP contribution in [0.4, 0.5) is 0 Å². The van der Waals surface area contributed by atoms with Gasteiger partial charge < -0.3 is 10.5 Å². The number of hydrogen-bond acceptors (Lipinski definition) is 6. The first-order chi connectivity index (χ1) is 8.72. The van der Waals surface area contributed by atoms with Crippen LogP contribution in [0.1, 0.15) is 0 Å². The van der Waals surface area contributed by atoms with E-state index < -0.39 is 19.9 Å². The monoisotopic (exact) mass is 344 g/mol. The lowest BCUT2D eigenvalue weighted by atomic mass is 10.3. The maximum absolute atomic E-state index is 12.0. The number of nitrogens with one attached hydrogen (secondary N) is 1. The summed E-state index contributed by atoms with van der Waals surface area (Å²) in [6.07, 6.45) is 0.999. The molecular formula is C10H17ClN2O5S2. The van der Waals surface area contributed by atoms with Crippen molar-refractivity contribution < 1.29 is 21.6 Å². The fourth-order valence-corrected chi connectivity index (χ4v) is 3.33. The molecule has 10 heteroatoms. The van der Waals surface area contributed by atoms with Crippen LogP contribution < -0.4 is 15.2 Å². The Morgan fingerprint density at radius 3 is 2.30 bits per heavy atom. The number of methoxy groups -OCH3 is 1. The second kappa shape index (κ2) is 7.23. The van der Waals surface area contributed by atoms with Crippen LogP contribution in [-0.2, 0) is 19.9 Å². The minimum absolute atomic E-state index is 0. The van der Waals surface area contributed by atoms with Crippen molar-refractivity contribution in [1.29, 1.82) is 0 Å². The average Bonchev–Trinajstić information content (AvgIpc) is 2.34. The van der Waals surface area contributed by atoms with Crippen LogP contribution in [0.15, 0.2) is 28.0 Å². The van der Waals surface area contributed by atoms with E-state index in [0.29, 0.717) is 0 Å². The largest absolute Gasteiger partial charge is 0.495 e. The van der Waals surface area contributed by atoms with E-state index in [1.54, 1.807) is 0 Å². The third-order valence-corrected chi connectivity index (χ3v) is 4.88. The minimum Gasteiger partial charge on any atom is -0.495 e. The molecule has 0 radical (unpaired) electrons. The number of hydrogen-bond donors (Lipinski definition) is 2. The van der Waals surface area contributed by atoms with Crippen LogP contribution in [0.5, 0.6) is 5.75 Å². The first-order valence-corrected chi connectivity index (χ1v) is 8.67. The second-order valence-corrected chi connectivity index (χ2v) is 7.52. The Labute approximate surface area is 124 Å². The van der Waals surface area contributed by atoms with Gasteiger partial charge in [-0.1, -0.05) is 0 Å². The number of ether oxygens (including phenoxy) is 1. The standard InChI is InChI=1S/C10H16N2O5S2.ClH/c1-17-9-4-3-8(18(2,13)14)7-10(9)19(15,16)12-6-5-11;/h3-4,7,12H,5-6,11H2,1-2H3;1H. The molecule has 1 rings (SSSR count). The molecule has 0 heterocycles. The van der Waals surface area contributed by atoms with Gasteiger partial charge in [-0.2, -0.15) is 0 Å². The molecular weight excluding hydrogens is 328 g/mol. The highest BCUT2D eigenvalue weighted by atomic mass is 35.5. The molecule has 0 bridgehead atoms. The van der Waals surface area contributed by atoms with E-state index in [1.165, 1.54) is 19.2 Å². The van der Waals surface area contributed by atoms with Crippen LogP contribution in [0.2, 0.25) is 0 Å². The zero-order valence-electron chi connectivity index (χ0n) is 11.0. The number of nitrogens with two attached hydrogens (primary N) is 1. The van der Waals surface area contributed by atoms with Crippen molar-refractivity contribution in [2.75, 3.05) is 26.5 Å². The van der Waals surface area contributed by atoms with Gasteiger partial charge in [-0.25, -0.2) is 21.6 Å². The van der Waals surface area contributed by atoms with Crippen LogP contribution in [0.3, 0.4) is 0 Å². The third-order valence-electron chi connectivity index (χ3n) is 2.29. The van der Waals surface area contributed by atoms with Crippen molar-refractivity contribution in [1.82, 2.24) is 4.72 Å². The predicted octanol–water partition coefficient (Wildman–Crippen LogP) is -0.242. The molecule has 0 unspecified atom stereocenters. The highest BCUT2D eigenvalue weighted by Gasteiger charge is 2.21. The summed E-state index contributed by atoms with van der Waals surface area (Å²) < 4.78 is 54.1. The number of halogens is 1. The lowest BCUT2D eigenvalue weighted by Gasteiger charge is -2.11. The number of sulfone groups is 1. The van der Waals surface area contributed by atoms with Gasteiger partial charge in [0, 0.05) is 19.3 Å². The van der Waals surface area contributed by atoms with E-state index in [9.17, 15) is 16.8 Å². The zero-order chi connectivity index (χ0) is 14.7. The first-order valence-electron chi connectivity index (χ1n) is 5.30. The molecule has 0 saturated heterocycles. The molecule has 3 N–H and O–H groups in total.